The van der Waals surface area contributed by atoms with Gasteiger partial charge in [0.1, 0.15) is 18.3 Å². The minimum Gasteiger partial charge on any atom is -0.395 e. The van der Waals surface area contributed by atoms with E-state index >= 15 is 0 Å². The highest BCUT2D eigenvalue weighted by Gasteiger charge is 2.43. The standard InChI is InChI=1S/C6H13NO7S/c8-1-2-3(9)4(10)5(11)6(7-2)14-15(12)13/h2-11H,1H2,(H,12,13)/t2-,3+,4-,5+,6+/m1/s1. The Morgan fingerprint density at radius 3 is 2.27 bits per heavy atom. The fraction of sp³-hybridized carbons (Fsp3) is 1.00. The van der Waals surface area contributed by atoms with Gasteiger partial charge < -0.3 is 20.4 Å². The molecular weight excluding hydrogens is 230 g/mol. The van der Waals surface area contributed by atoms with Crippen molar-refractivity contribution < 1.29 is 33.4 Å². The Morgan fingerprint density at radius 2 is 1.80 bits per heavy atom. The minimum absolute atomic E-state index is 0.511. The number of nitrogens with one attached hydrogen (secondary N) is 1. The molecule has 1 saturated heterocycles. The number of rotatable bonds is 3. The molecule has 1 unspecified atom stereocenters. The van der Waals surface area contributed by atoms with Gasteiger partial charge in [0.15, 0.2) is 6.23 Å². The molecule has 15 heavy (non-hydrogen) atoms. The Labute approximate surface area is 88.0 Å². The second-order valence-corrected chi connectivity index (χ2v) is 3.79. The molecule has 0 aromatic heterocycles. The second-order valence-electron chi connectivity index (χ2n) is 3.16. The normalized spacial score (nSPS) is 43.9. The molecule has 0 radical (unpaired) electrons. The highest BCUT2D eigenvalue weighted by atomic mass is 32.2. The van der Waals surface area contributed by atoms with Gasteiger partial charge in [-0.25, -0.2) is 4.18 Å². The SMILES string of the molecule is O=S(O)O[C@@H]1N[C@H](CO)[C@H](O)[C@@H](O)[C@@H]1O. The lowest BCUT2D eigenvalue weighted by Gasteiger charge is -2.39. The zero-order valence-corrected chi connectivity index (χ0v) is 8.37. The van der Waals surface area contributed by atoms with Crippen molar-refractivity contribution in [2.45, 2.75) is 30.6 Å². The number of aliphatic hydroxyl groups excluding tert-OH is 4. The third-order valence-electron chi connectivity index (χ3n) is 2.18. The van der Waals surface area contributed by atoms with E-state index in [1.807, 2.05) is 0 Å². The van der Waals surface area contributed by atoms with Crippen LogP contribution in [0.25, 0.3) is 0 Å². The summed E-state index contributed by atoms with van der Waals surface area (Å²) in [6.07, 6.45) is -5.82. The molecule has 0 spiro atoms. The van der Waals surface area contributed by atoms with Crippen LogP contribution in [0.3, 0.4) is 0 Å². The van der Waals surface area contributed by atoms with Gasteiger partial charge in [0.2, 0.25) is 0 Å². The Balaban J connectivity index is 2.69. The van der Waals surface area contributed by atoms with Crippen LogP contribution in [0.1, 0.15) is 0 Å². The van der Waals surface area contributed by atoms with Crippen LogP contribution in [-0.2, 0) is 15.5 Å². The average molecular weight is 243 g/mol. The third-order valence-corrected chi connectivity index (χ3v) is 2.56. The molecule has 0 aliphatic carbocycles. The summed E-state index contributed by atoms with van der Waals surface area (Å²) in [6.45, 7) is -0.511. The molecule has 8 nitrogen and oxygen atoms in total. The number of aliphatic hydroxyl groups is 4. The Morgan fingerprint density at radius 1 is 1.20 bits per heavy atom. The summed E-state index contributed by atoms with van der Waals surface area (Å²) in [7, 11) is 0. The largest absolute Gasteiger partial charge is 0.395 e. The molecule has 1 fully saturated rings. The molecule has 0 saturated carbocycles. The summed E-state index contributed by atoms with van der Waals surface area (Å²) in [5.41, 5.74) is 0. The van der Waals surface area contributed by atoms with E-state index in [-0.39, 0.29) is 0 Å². The lowest BCUT2D eigenvalue weighted by atomic mass is 9.95. The molecule has 1 heterocycles. The molecule has 0 aromatic rings. The molecule has 90 valence electrons. The van der Waals surface area contributed by atoms with Crippen LogP contribution in [0, 0.1) is 0 Å². The van der Waals surface area contributed by atoms with Gasteiger partial charge in [0, 0.05) is 0 Å². The maximum Gasteiger partial charge on any atom is 0.303 e. The van der Waals surface area contributed by atoms with Gasteiger partial charge in [-0.05, 0) is 0 Å². The van der Waals surface area contributed by atoms with Gasteiger partial charge in [-0.1, -0.05) is 0 Å². The van der Waals surface area contributed by atoms with E-state index in [4.69, 9.17) is 9.66 Å². The summed E-state index contributed by atoms with van der Waals surface area (Å²) >= 11 is -2.62. The van der Waals surface area contributed by atoms with E-state index in [1.165, 1.54) is 0 Å². The molecule has 6 N–H and O–H groups in total. The minimum atomic E-state index is -2.62. The smallest absolute Gasteiger partial charge is 0.303 e. The Hall–Kier alpha value is -0.130. The van der Waals surface area contributed by atoms with Gasteiger partial charge >= 0.3 is 11.4 Å². The number of hydrogen-bond acceptors (Lipinski definition) is 7. The van der Waals surface area contributed by atoms with Crippen LogP contribution < -0.4 is 5.32 Å². The molecule has 0 bridgehead atoms. The van der Waals surface area contributed by atoms with Crippen molar-refractivity contribution in [3.8, 4) is 0 Å². The van der Waals surface area contributed by atoms with E-state index in [9.17, 15) is 19.5 Å². The maximum atomic E-state index is 10.3. The van der Waals surface area contributed by atoms with E-state index in [0.717, 1.165) is 0 Å². The van der Waals surface area contributed by atoms with Crippen LogP contribution >= 0.6 is 0 Å². The molecule has 1 aliphatic rings. The topological polar surface area (TPSA) is 139 Å². The van der Waals surface area contributed by atoms with Crippen LogP contribution in [0.4, 0.5) is 0 Å². The maximum absolute atomic E-state index is 10.3. The van der Waals surface area contributed by atoms with Crippen molar-refractivity contribution in [1.82, 2.24) is 5.32 Å². The van der Waals surface area contributed by atoms with E-state index < -0.39 is 48.5 Å². The van der Waals surface area contributed by atoms with E-state index in [1.54, 1.807) is 0 Å². The highest BCUT2D eigenvalue weighted by Crippen LogP contribution is 2.16. The van der Waals surface area contributed by atoms with Crippen LogP contribution in [0.2, 0.25) is 0 Å². The van der Waals surface area contributed by atoms with E-state index in [0.29, 0.717) is 0 Å². The molecular formula is C6H13NO7S. The number of hydrogen-bond donors (Lipinski definition) is 6. The predicted molar refractivity (Wildman–Crippen MR) is 47.7 cm³/mol. The lowest BCUT2D eigenvalue weighted by molar-refractivity contribution is -0.153. The van der Waals surface area contributed by atoms with Crippen molar-refractivity contribution in [3.63, 3.8) is 0 Å². The lowest BCUT2D eigenvalue weighted by Crippen LogP contribution is -2.66. The molecule has 9 heteroatoms. The fourth-order valence-electron chi connectivity index (χ4n) is 1.36. The molecule has 1 aliphatic heterocycles. The first-order valence-corrected chi connectivity index (χ1v) is 5.19. The van der Waals surface area contributed by atoms with Crippen LogP contribution in [-0.4, -0.2) is 66.4 Å². The van der Waals surface area contributed by atoms with Gasteiger partial charge in [0.25, 0.3) is 0 Å². The zero-order valence-electron chi connectivity index (χ0n) is 7.55. The first-order chi connectivity index (χ1) is 6.97. The van der Waals surface area contributed by atoms with E-state index in [2.05, 4.69) is 9.50 Å². The quantitative estimate of drug-likeness (QED) is 0.281. The van der Waals surface area contributed by atoms with Crippen molar-refractivity contribution in [3.05, 3.63) is 0 Å². The fourth-order valence-corrected chi connectivity index (χ4v) is 1.71. The van der Waals surface area contributed by atoms with Gasteiger partial charge in [0.05, 0.1) is 12.6 Å². The van der Waals surface area contributed by atoms with Gasteiger partial charge in [-0.15, -0.1) is 0 Å². The summed E-state index contributed by atoms with van der Waals surface area (Å²) < 4.78 is 23.1. The first kappa shape index (κ1) is 12.9. The first-order valence-electron chi connectivity index (χ1n) is 4.16. The highest BCUT2D eigenvalue weighted by molar-refractivity contribution is 7.74. The molecule has 0 aromatic carbocycles. The van der Waals surface area contributed by atoms with Crippen LogP contribution in [0.15, 0.2) is 0 Å². The van der Waals surface area contributed by atoms with Crippen molar-refractivity contribution in [2.75, 3.05) is 6.61 Å². The molecule has 1 rings (SSSR count). The van der Waals surface area contributed by atoms with Gasteiger partial charge in [-0.3, -0.25) is 9.87 Å². The molecule has 0 amide bonds. The second kappa shape index (κ2) is 5.27. The Bertz CT molecular complexity index is 238. The molecule has 6 atom stereocenters. The summed E-state index contributed by atoms with van der Waals surface area (Å²) in [6, 6.07) is -0.933. The third kappa shape index (κ3) is 2.92. The Kier molecular flexibility index (Phi) is 4.55. The van der Waals surface area contributed by atoms with Crippen molar-refractivity contribution in [1.29, 1.82) is 0 Å². The zero-order chi connectivity index (χ0) is 11.6. The van der Waals surface area contributed by atoms with Crippen molar-refractivity contribution in [2.24, 2.45) is 0 Å². The summed E-state index contributed by atoms with van der Waals surface area (Å²) in [5, 5.41) is 39.2. The summed E-state index contributed by atoms with van der Waals surface area (Å²) in [4.78, 5) is 0. The number of piperidine rings is 1. The summed E-state index contributed by atoms with van der Waals surface area (Å²) in [5.74, 6) is 0. The van der Waals surface area contributed by atoms with Crippen LogP contribution in [0.5, 0.6) is 0 Å². The van der Waals surface area contributed by atoms with Crippen molar-refractivity contribution >= 4 is 11.4 Å². The average Bonchev–Trinajstić information content (AvgIpc) is 2.18. The van der Waals surface area contributed by atoms with Gasteiger partial charge in [-0.2, -0.15) is 4.21 Å². The predicted octanol–water partition coefficient (Wildman–Crippen LogP) is -3.49. The monoisotopic (exact) mass is 243 g/mol.